The van der Waals surface area contributed by atoms with Gasteiger partial charge in [-0.25, -0.2) is 0 Å². The van der Waals surface area contributed by atoms with Gasteiger partial charge in [0.1, 0.15) is 0 Å². The molecule has 0 aromatic heterocycles. The van der Waals surface area contributed by atoms with Gasteiger partial charge in [0.15, 0.2) is 0 Å². The maximum atomic E-state index is 3.42. The molecule has 0 N–H and O–H groups in total. The van der Waals surface area contributed by atoms with E-state index < -0.39 is 0 Å². The molecule has 0 amide bonds. The Labute approximate surface area is 243 Å². The maximum Gasteiger partial charge on any atom is 0.0100 e. The third-order valence-electron chi connectivity index (χ3n) is 8.81. The fourth-order valence-electron chi connectivity index (χ4n) is 6.22. The summed E-state index contributed by atoms with van der Waals surface area (Å²) in [6.07, 6.45) is 37.9. The fourth-order valence-corrected chi connectivity index (χ4v) is 6.91. The van der Waals surface area contributed by atoms with Gasteiger partial charge < -0.3 is 0 Å². The molecule has 0 aliphatic heterocycles. The summed E-state index contributed by atoms with van der Waals surface area (Å²) in [4.78, 5) is 0. The van der Waals surface area contributed by atoms with Crippen molar-refractivity contribution in [3.63, 3.8) is 0 Å². The van der Waals surface area contributed by atoms with Crippen molar-refractivity contribution < 1.29 is 0 Å². The van der Waals surface area contributed by atoms with Crippen LogP contribution in [0.4, 0.5) is 0 Å². The summed E-state index contributed by atoms with van der Waals surface area (Å²) in [6.45, 7) is 6.95. The molecule has 0 bridgehead atoms. The van der Waals surface area contributed by atoms with Gasteiger partial charge in [-0.1, -0.05) is 193 Å². The first-order chi connectivity index (χ1) is 18.7. The SMILES string of the molecule is CCCCCCCCCCc1ccccc1C(P)(CCCCCCCCCC)CCCCCCCCCC. The van der Waals surface area contributed by atoms with E-state index in [0.29, 0.717) is 0 Å². The molecule has 0 fully saturated rings. The zero-order chi connectivity index (χ0) is 27.6. The molecule has 0 saturated carbocycles. The molecule has 38 heavy (non-hydrogen) atoms. The quantitative estimate of drug-likeness (QED) is 0.0727. The van der Waals surface area contributed by atoms with E-state index in [2.05, 4.69) is 54.3 Å². The Morgan fingerprint density at radius 3 is 1.21 bits per heavy atom. The highest BCUT2D eigenvalue weighted by Crippen LogP contribution is 2.44. The number of hydrogen-bond acceptors (Lipinski definition) is 0. The number of hydrogen-bond donors (Lipinski definition) is 0. The van der Waals surface area contributed by atoms with Gasteiger partial charge in [-0.3, -0.25) is 0 Å². The van der Waals surface area contributed by atoms with Gasteiger partial charge >= 0.3 is 0 Å². The van der Waals surface area contributed by atoms with Crippen molar-refractivity contribution in [1.82, 2.24) is 0 Å². The smallest absolute Gasteiger partial charge is 0.0100 e. The Morgan fingerprint density at radius 2 is 0.789 bits per heavy atom. The second kappa shape index (κ2) is 25.6. The van der Waals surface area contributed by atoms with Crippen LogP contribution in [-0.2, 0) is 11.6 Å². The summed E-state index contributed by atoms with van der Waals surface area (Å²) >= 11 is 0. The first kappa shape index (κ1) is 35.7. The van der Waals surface area contributed by atoms with E-state index in [9.17, 15) is 0 Å². The number of aryl methyl sites for hydroxylation is 1. The highest BCUT2D eigenvalue weighted by atomic mass is 31.0. The minimum Gasteiger partial charge on any atom is -0.126 e. The van der Waals surface area contributed by atoms with Gasteiger partial charge in [0.25, 0.3) is 0 Å². The summed E-state index contributed by atoms with van der Waals surface area (Å²) in [5.74, 6) is 0. The molecule has 1 aromatic rings. The average molecular weight is 545 g/mol. The van der Waals surface area contributed by atoms with Crippen molar-refractivity contribution >= 4 is 9.24 Å². The highest BCUT2D eigenvalue weighted by molar-refractivity contribution is 7.18. The lowest BCUT2D eigenvalue weighted by molar-refractivity contribution is 0.447. The Hall–Kier alpha value is -0.350. The molecule has 0 radical (unpaired) electrons. The molecule has 0 saturated heterocycles. The molecular weight excluding hydrogens is 475 g/mol. The molecule has 0 spiro atoms. The van der Waals surface area contributed by atoms with Gasteiger partial charge in [0.2, 0.25) is 0 Å². The Kier molecular flexibility index (Phi) is 24.0. The molecule has 0 heterocycles. The van der Waals surface area contributed by atoms with Crippen LogP contribution < -0.4 is 0 Å². The summed E-state index contributed by atoms with van der Waals surface area (Å²) < 4.78 is 0. The van der Waals surface area contributed by atoms with E-state index in [-0.39, 0.29) is 5.16 Å². The second-order valence-electron chi connectivity index (χ2n) is 12.5. The Balaban J connectivity index is 2.60. The van der Waals surface area contributed by atoms with Crippen LogP contribution in [0.3, 0.4) is 0 Å². The van der Waals surface area contributed by atoms with Crippen molar-refractivity contribution in [1.29, 1.82) is 0 Å². The average Bonchev–Trinajstić information content (AvgIpc) is 2.93. The van der Waals surface area contributed by atoms with Crippen LogP contribution in [0.1, 0.15) is 199 Å². The summed E-state index contributed by atoms with van der Waals surface area (Å²) in [5, 5.41) is 0.279. The van der Waals surface area contributed by atoms with Gasteiger partial charge in [-0.05, 0) is 36.8 Å². The van der Waals surface area contributed by atoms with Crippen LogP contribution in [0.25, 0.3) is 0 Å². The lowest BCUT2D eigenvalue weighted by Gasteiger charge is -2.33. The Bertz CT molecular complexity index is 601. The van der Waals surface area contributed by atoms with Crippen LogP contribution >= 0.6 is 9.24 Å². The van der Waals surface area contributed by atoms with Gasteiger partial charge in [0, 0.05) is 5.16 Å². The van der Waals surface area contributed by atoms with Crippen LogP contribution in [0.5, 0.6) is 0 Å². The molecule has 1 heteroatoms. The molecule has 222 valence electrons. The lowest BCUT2D eigenvalue weighted by Crippen LogP contribution is -2.20. The monoisotopic (exact) mass is 545 g/mol. The highest BCUT2D eigenvalue weighted by Gasteiger charge is 2.28. The standard InChI is InChI=1S/C37H69P/c1-4-7-10-13-16-19-22-25-30-35-31-26-27-32-36(35)37(38,33-28-23-20-17-14-11-8-5-2)34-29-24-21-18-15-12-9-6-3/h26-27,31-32H,4-25,28-30,33-34,38H2,1-3H3. The van der Waals surface area contributed by atoms with E-state index in [1.54, 1.807) is 11.1 Å². The zero-order valence-electron chi connectivity index (χ0n) is 26.5. The van der Waals surface area contributed by atoms with Gasteiger partial charge in [-0.2, -0.15) is 0 Å². The van der Waals surface area contributed by atoms with E-state index in [1.165, 1.54) is 173 Å². The Morgan fingerprint density at radius 1 is 0.447 bits per heavy atom. The third-order valence-corrected chi connectivity index (χ3v) is 9.69. The maximum absolute atomic E-state index is 3.42. The fraction of sp³-hybridized carbons (Fsp3) is 0.838. The van der Waals surface area contributed by atoms with Crippen molar-refractivity contribution in [3.05, 3.63) is 35.4 Å². The topological polar surface area (TPSA) is 0 Å². The first-order valence-corrected chi connectivity index (χ1v) is 18.1. The van der Waals surface area contributed by atoms with Crippen molar-refractivity contribution in [2.45, 2.75) is 199 Å². The van der Waals surface area contributed by atoms with Crippen molar-refractivity contribution in [3.8, 4) is 0 Å². The second-order valence-corrected chi connectivity index (χ2v) is 13.6. The van der Waals surface area contributed by atoms with Crippen molar-refractivity contribution in [2.24, 2.45) is 0 Å². The van der Waals surface area contributed by atoms with E-state index in [0.717, 1.165) is 0 Å². The zero-order valence-corrected chi connectivity index (χ0v) is 27.6. The van der Waals surface area contributed by atoms with E-state index in [1.807, 2.05) is 0 Å². The minimum absolute atomic E-state index is 0.279. The van der Waals surface area contributed by atoms with Gasteiger partial charge in [0.05, 0.1) is 0 Å². The molecular formula is C37H69P. The molecule has 1 aromatic carbocycles. The molecule has 0 aliphatic rings. The van der Waals surface area contributed by atoms with Crippen LogP contribution in [-0.4, -0.2) is 0 Å². The van der Waals surface area contributed by atoms with E-state index in [4.69, 9.17) is 0 Å². The van der Waals surface area contributed by atoms with Crippen LogP contribution in [0.15, 0.2) is 24.3 Å². The molecule has 0 aliphatic carbocycles. The predicted molar refractivity (Wildman–Crippen MR) is 179 cm³/mol. The first-order valence-electron chi connectivity index (χ1n) is 17.5. The number of benzene rings is 1. The van der Waals surface area contributed by atoms with Crippen LogP contribution in [0, 0.1) is 0 Å². The largest absolute Gasteiger partial charge is 0.126 e. The van der Waals surface area contributed by atoms with E-state index >= 15 is 0 Å². The minimum atomic E-state index is 0.279. The predicted octanol–water partition coefficient (Wildman–Crippen LogP) is 13.5. The molecule has 1 rings (SSSR count). The lowest BCUT2D eigenvalue weighted by atomic mass is 9.83. The number of rotatable bonds is 28. The molecule has 1 unspecified atom stereocenters. The molecule has 0 nitrogen and oxygen atoms in total. The van der Waals surface area contributed by atoms with Crippen LogP contribution in [0.2, 0.25) is 0 Å². The van der Waals surface area contributed by atoms with Crippen molar-refractivity contribution in [2.75, 3.05) is 0 Å². The normalized spacial score (nSPS) is 11.9. The van der Waals surface area contributed by atoms with Gasteiger partial charge in [-0.15, -0.1) is 9.24 Å². The number of unbranched alkanes of at least 4 members (excludes halogenated alkanes) is 21. The summed E-state index contributed by atoms with van der Waals surface area (Å²) in [7, 11) is 3.42. The summed E-state index contributed by atoms with van der Waals surface area (Å²) in [5.41, 5.74) is 3.31. The third kappa shape index (κ3) is 18.1. The summed E-state index contributed by atoms with van der Waals surface area (Å²) in [6, 6.07) is 9.55. The molecule has 1 atom stereocenters.